The van der Waals surface area contributed by atoms with Gasteiger partial charge in [-0.1, -0.05) is 35.9 Å². The molecule has 1 amide bonds. The number of piperazine rings is 1. The Morgan fingerprint density at radius 1 is 1.15 bits per heavy atom. The van der Waals surface area contributed by atoms with Crippen LogP contribution in [-0.2, 0) is 4.79 Å². The Bertz CT molecular complexity index is 748. The average molecular weight is 375 g/mol. The van der Waals surface area contributed by atoms with Crippen molar-refractivity contribution in [2.75, 3.05) is 32.7 Å². The number of aromatic nitrogens is 2. The fraction of sp³-hybridized carbons (Fsp3) is 0.526. The van der Waals surface area contributed by atoms with Crippen LogP contribution in [0.2, 0.25) is 0 Å². The minimum atomic E-state index is -0.240. The maximum atomic E-state index is 12.7. The van der Waals surface area contributed by atoms with Crippen LogP contribution in [0.4, 0.5) is 0 Å². The van der Waals surface area contributed by atoms with Crippen LogP contribution in [0.25, 0.3) is 11.5 Å². The van der Waals surface area contributed by atoms with Crippen molar-refractivity contribution in [2.24, 2.45) is 0 Å². The van der Waals surface area contributed by atoms with Gasteiger partial charge < -0.3 is 14.2 Å². The van der Waals surface area contributed by atoms with Crippen LogP contribution in [-0.4, -0.2) is 63.9 Å². The van der Waals surface area contributed by atoms with E-state index in [1.54, 1.807) is 0 Å². The monoisotopic (exact) mass is 374 g/mol. The van der Waals surface area contributed by atoms with Crippen molar-refractivity contribution < 1.29 is 9.21 Å². The molecule has 1 aliphatic heterocycles. The fourth-order valence-electron chi connectivity index (χ4n) is 3.22. The van der Waals surface area contributed by atoms with E-state index in [1.165, 1.54) is 11.8 Å². The minimum absolute atomic E-state index is 0.136. The first-order valence-corrected chi connectivity index (χ1v) is 9.94. The number of nitrogens with zero attached hydrogens (tertiary/aromatic N) is 4. The standard InChI is InChI=1S/C19H26N4O2S/c1-5-22-6-8-23(9-7-22)18(24)15(4)26-19-21-20-17(25-19)16-11-13(2)10-14(3)12-16/h10-12,15H,5-9H2,1-4H3/t15-/m1/s1. The molecule has 1 aromatic carbocycles. The number of rotatable bonds is 5. The van der Waals surface area contributed by atoms with Gasteiger partial charge in [0.1, 0.15) is 0 Å². The third kappa shape index (κ3) is 4.45. The summed E-state index contributed by atoms with van der Waals surface area (Å²) in [5.74, 6) is 0.632. The van der Waals surface area contributed by atoms with Crippen LogP contribution in [0.15, 0.2) is 27.8 Å². The molecule has 0 radical (unpaired) electrons. The molecule has 1 atom stereocenters. The zero-order chi connectivity index (χ0) is 18.7. The molecular weight excluding hydrogens is 348 g/mol. The molecule has 2 aromatic rings. The molecule has 1 saturated heterocycles. The van der Waals surface area contributed by atoms with E-state index < -0.39 is 0 Å². The van der Waals surface area contributed by atoms with Gasteiger partial charge >= 0.3 is 0 Å². The summed E-state index contributed by atoms with van der Waals surface area (Å²) in [5, 5.41) is 8.45. The highest BCUT2D eigenvalue weighted by molar-refractivity contribution is 8.00. The van der Waals surface area contributed by atoms with E-state index in [-0.39, 0.29) is 11.2 Å². The predicted molar refractivity (Wildman–Crippen MR) is 103 cm³/mol. The van der Waals surface area contributed by atoms with Crippen LogP contribution in [0, 0.1) is 13.8 Å². The Kier molecular flexibility index (Phi) is 5.98. The quantitative estimate of drug-likeness (QED) is 0.750. The lowest BCUT2D eigenvalue weighted by atomic mass is 10.1. The summed E-state index contributed by atoms with van der Waals surface area (Å²) < 4.78 is 5.78. The van der Waals surface area contributed by atoms with Gasteiger partial charge in [0, 0.05) is 31.7 Å². The van der Waals surface area contributed by atoms with Crippen molar-refractivity contribution in [2.45, 2.75) is 38.2 Å². The van der Waals surface area contributed by atoms with Crippen molar-refractivity contribution in [1.82, 2.24) is 20.0 Å². The van der Waals surface area contributed by atoms with E-state index in [0.29, 0.717) is 11.1 Å². The molecule has 0 bridgehead atoms. The van der Waals surface area contributed by atoms with Crippen molar-refractivity contribution in [1.29, 1.82) is 0 Å². The molecule has 1 aliphatic rings. The summed E-state index contributed by atoms with van der Waals surface area (Å²) in [4.78, 5) is 17.0. The average Bonchev–Trinajstić information content (AvgIpc) is 3.09. The molecule has 3 rings (SSSR count). The van der Waals surface area contributed by atoms with Crippen molar-refractivity contribution >= 4 is 17.7 Å². The molecule has 0 saturated carbocycles. The van der Waals surface area contributed by atoms with Gasteiger partial charge in [0.2, 0.25) is 11.8 Å². The molecule has 0 unspecified atom stereocenters. The minimum Gasteiger partial charge on any atom is -0.411 e. The third-order valence-corrected chi connectivity index (χ3v) is 5.55. The van der Waals surface area contributed by atoms with Gasteiger partial charge in [-0.15, -0.1) is 10.2 Å². The summed E-state index contributed by atoms with van der Waals surface area (Å²) in [6, 6.07) is 6.15. The molecule has 0 aliphatic carbocycles. The first kappa shape index (κ1) is 18.9. The Balaban J connectivity index is 1.62. The van der Waals surface area contributed by atoms with Crippen molar-refractivity contribution in [3.8, 4) is 11.5 Å². The Morgan fingerprint density at radius 3 is 2.42 bits per heavy atom. The fourth-order valence-corrected chi connectivity index (χ4v) is 3.98. The Hall–Kier alpha value is -1.86. The highest BCUT2D eigenvalue weighted by Crippen LogP contribution is 2.28. The largest absolute Gasteiger partial charge is 0.411 e. The number of carbonyl (C=O) groups excluding carboxylic acids is 1. The predicted octanol–water partition coefficient (Wildman–Crippen LogP) is 3.00. The number of amides is 1. The van der Waals surface area contributed by atoms with Crippen molar-refractivity contribution in [3.05, 3.63) is 29.3 Å². The number of likely N-dealkylation sites (N-methyl/N-ethyl adjacent to an activating group) is 1. The van der Waals surface area contributed by atoms with Crippen LogP contribution < -0.4 is 0 Å². The maximum absolute atomic E-state index is 12.7. The van der Waals surface area contributed by atoms with E-state index in [4.69, 9.17) is 4.42 Å². The molecule has 1 fully saturated rings. The highest BCUT2D eigenvalue weighted by Gasteiger charge is 2.26. The Morgan fingerprint density at radius 2 is 1.81 bits per heavy atom. The van der Waals surface area contributed by atoms with Gasteiger partial charge in [0.25, 0.3) is 5.22 Å². The SMILES string of the molecule is CCN1CCN(C(=O)[C@@H](C)Sc2nnc(-c3cc(C)cc(C)c3)o2)CC1. The number of thioether (sulfide) groups is 1. The van der Waals surface area contributed by atoms with Gasteiger partial charge in [-0.05, 0) is 39.4 Å². The first-order chi connectivity index (χ1) is 12.5. The first-order valence-electron chi connectivity index (χ1n) is 9.06. The molecule has 0 spiro atoms. The lowest BCUT2D eigenvalue weighted by Crippen LogP contribution is -2.50. The molecule has 0 N–H and O–H groups in total. The molecule has 7 heteroatoms. The van der Waals surface area contributed by atoms with Gasteiger partial charge in [0.05, 0.1) is 5.25 Å². The summed E-state index contributed by atoms with van der Waals surface area (Å²) >= 11 is 1.33. The molecule has 1 aromatic heterocycles. The number of carbonyl (C=O) groups is 1. The normalized spacial score (nSPS) is 16.7. The molecule has 6 nitrogen and oxygen atoms in total. The lowest BCUT2D eigenvalue weighted by Gasteiger charge is -2.35. The second-order valence-electron chi connectivity index (χ2n) is 6.77. The van der Waals surface area contributed by atoms with Gasteiger partial charge in [0.15, 0.2) is 0 Å². The second-order valence-corrected chi connectivity index (χ2v) is 8.06. The zero-order valence-electron chi connectivity index (χ0n) is 15.9. The molecular formula is C19H26N4O2S. The second kappa shape index (κ2) is 8.22. The maximum Gasteiger partial charge on any atom is 0.277 e. The molecule has 140 valence electrons. The smallest absolute Gasteiger partial charge is 0.277 e. The van der Waals surface area contributed by atoms with Gasteiger partial charge in [-0.3, -0.25) is 4.79 Å². The number of hydrogen-bond donors (Lipinski definition) is 0. The third-order valence-electron chi connectivity index (χ3n) is 4.63. The molecule has 2 heterocycles. The van der Waals surface area contributed by atoms with Crippen LogP contribution >= 0.6 is 11.8 Å². The van der Waals surface area contributed by atoms with E-state index >= 15 is 0 Å². The van der Waals surface area contributed by atoms with Crippen LogP contribution in [0.1, 0.15) is 25.0 Å². The summed E-state index contributed by atoms with van der Waals surface area (Å²) in [6.07, 6.45) is 0. The van der Waals surface area contributed by atoms with Gasteiger partial charge in [-0.2, -0.15) is 0 Å². The summed E-state index contributed by atoms with van der Waals surface area (Å²) in [7, 11) is 0. The summed E-state index contributed by atoms with van der Waals surface area (Å²) in [6.45, 7) is 12.6. The highest BCUT2D eigenvalue weighted by atomic mass is 32.2. The van der Waals surface area contributed by atoms with Crippen molar-refractivity contribution in [3.63, 3.8) is 0 Å². The zero-order valence-corrected chi connectivity index (χ0v) is 16.7. The number of aryl methyl sites for hydroxylation is 2. The lowest BCUT2D eigenvalue weighted by molar-refractivity contribution is -0.132. The van der Waals surface area contributed by atoms with Crippen LogP contribution in [0.5, 0.6) is 0 Å². The van der Waals surface area contributed by atoms with E-state index in [2.05, 4.69) is 28.1 Å². The number of benzene rings is 1. The van der Waals surface area contributed by atoms with E-state index in [1.807, 2.05) is 37.8 Å². The topological polar surface area (TPSA) is 62.5 Å². The van der Waals surface area contributed by atoms with E-state index in [0.717, 1.165) is 49.4 Å². The summed E-state index contributed by atoms with van der Waals surface area (Å²) in [5.41, 5.74) is 3.22. The molecule has 26 heavy (non-hydrogen) atoms. The van der Waals surface area contributed by atoms with E-state index in [9.17, 15) is 4.79 Å². The number of hydrogen-bond acceptors (Lipinski definition) is 6. The van der Waals surface area contributed by atoms with Gasteiger partial charge in [-0.25, -0.2) is 0 Å². The Labute approximate surface area is 159 Å². The van der Waals surface area contributed by atoms with Crippen LogP contribution in [0.3, 0.4) is 0 Å².